The molecule has 0 saturated carbocycles. The zero-order valence-corrected chi connectivity index (χ0v) is 14.4. The highest BCUT2D eigenvalue weighted by Crippen LogP contribution is 2.22. The molecule has 24 heavy (non-hydrogen) atoms. The summed E-state index contributed by atoms with van der Waals surface area (Å²) in [6.45, 7) is 4.05. The minimum absolute atomic E-state index is 0.162. The monoisotopic (exact) mass is 348 g/mol. The Hall–Kier alpha value is -2.34. The van der Waals surface area contributed by atoms with Gasteiger partial charge in [0, 0.05) is 11.9 Å². The average molecular weight is 349 g/mol. The third kappa shape index (κ3) is 4.83. The summed E-state index contributed by atoms with van der Waals surface area (Å²) in [7, 11) is 0. The molecule has 2 rings (SSSR count). The van der Waals surface area contributed by atoms with E-state index in [9.17, 15) is 9.59 Å². The van der Waals surface area contributed by atoms with Crippen LogP contribution < -0.4 is 16.4 Å². The lowest BCUT2D eigenvalue weighted by atomic mass is 9.96. The van der Waals surface area contributed by atoms with Gasteiger partial charge in [0.05, 0.1) is 11.4 Å². The van der Waals surface area contributed by atoms with Gasteiger partial charge in [-0.25, -0.2) is 4.98 Å². The van der Waals surface area contributed by atoms with Crippen molar-refractivity contribution in [2.24, 2.45) is 11.7 Å². The number of carbonyl (C=O) groups is 2. The van der Waals surface area contributed by atoms with E-state index in [1.54, 1.807) is 18.3 Å². The van der Waals surface area contributed by atoms with Gasteiger partial charge in [-0.1, -0.05) is 30.7 Å². The minimum atomic E-state index is -0.858. The van der Waals surface area contributed by atoms with Gasteiger partial charge in [-0.05, 0) is 37.0 Å². The molecule has 1 aromatic heterocycles. The number of nitrogens with two attached hydrogens (primary N) is 1. The number of allylic oxidation sites excluding steroid dienone is 3. The Morgan fingerprint density at radius 3 is 2.88 bits per heavy atom. The van der Waals surface area contributed by atoms with Crippen LogP contribution in [0.25, 0.3) is 0 Å². The van der Waals surface area contributed by atoms with Crippen molar-refractivity contribution < 1.29 is 9.59 Å². The van der Waals surface area contributed by atoms with E-state index >= 15 is 0 Å². The van der Waals surface area contributed by atoms with Gasteiger partial charge in [0.2, 0.25) is 11.8 Å². The van der Waals surface area contributed by atoms with Gasteiger partial charge in [0.1, 0.15) is 11.9 Å². The lowest BCUT2D eigenvalue weighted by Crippen LogP contribution is -2.42. The van der Waals surface area contributed by atoms with Crippen LogP contribution in [0.4, 0.5) is 5.82 Å². The molecule has 1 aliphatic rings. The highest BCUT2D eigenvalue weighted by molar-refractivity contribution is 6.32. The van der Waals surface area contributed by atoms with E-state index in [1.807, 2.05) is 13.0 Å². The number of amides is 2. The molecule has 0 spiro atoms. The lowest BCUT2D eigenvalue weighted by molar-refractivity contribution is -0.125. The first-order valence-electron chi connectivity index (χ1n) is 7.72. The van der Waals surface area contributed by atoms with Gasteiger partial charge >= 0.3 is 0 Å². The van der Waals surface area contributed by atoms with E-state index in [0.29, 0.717) is 16.8 Å². The van der Waals surface area contributed by atoms with Gasteiger partial charge in [-0.2, -0.15) is 0 Å². The number of nitrogens with one attached hydrogen (secondary N) is 2. The Morgan fingerprint density at radius 2 is 2.25 bits per heavy atom. The smallest absolute Gasteiger partial charge is 0.247 e. The Morgan fingerprint density at radius 1 is 1.50 bits per heavy atom. The van der Waals surface area contributed by atoms with Crippen LogP contribution in [0.5, 0.6) is 0 Å². The van der Waals surface area contributed by atoms with Crippen LogP contribution in [-0.2, 0) is 9.59 Å². The van der Waals surface area contributed by atoms with Crippen LogP contribution in [0.15, 0.2) is 41.8 Å². The summed E-state index contributed by atoms with van der Waals surface area (Å²) in [4.78, 5) is 28.0. The number of primary amides is 1. The summed E-state index contributed by atoms with van der Waals surface area (Å²) in [5.41, 5.74) is 7.01. The molecule has 6 nitrogen and oxygen atoms in total. The fraction of sp³-hybridized carbons (Fsp3) is 0.353. The molecular formula is C17H21ClN4O2. The Bertz CT molecular complexity index is 700. The molecule has 0 bridgehead atoms. The molecule has 1 heterocycles. The van der Waals surface area contributed by atoms with Crippen LogP contribution in [0.3, 0.4) is 0 Å². The molecule has 0 fully saturated rings. The lowest BCUT2D eigenvalue weighted by Gasteiger charge is -2.22. The molecule has 1 aliphatic carbocycles. The maximum Gasteiger partial charge on any atom is 0.247 e. The number of aromatic nitrogens is 1. The molecule has 128 valence electrons. The van der Waals surface area contributed by atoms with Crippen molar-refractivity contribution in [1.82, 2.24) is 10.3 Å². The molecule has 0 radical (unpaired) electrons. The fourth-order valence-corrected chi connectivity index (χ4v) is 2.66. The molecule has 0 aromatic carbocycles. The van der Waals surface area contributed by atoms with E-state index in [0.717, 1.165) is 17.7 Å². The number of halogens is 1. The second-order valence-electron chi connectivity index (χ2n) is 5.87. The number of pyridine rings is 1. The molecule has 0 aliphatic heterocycles. The number of anilines is 1. The summed E-state index contributed by atoms with van der Waals surface area (Å²) in [6, 6.07) is 2.47. The number of carbonyl (C=O) groups excluding carboxylic acids is 2. The van der Waals surface area contributed by atoms with Crippen molar-refractivity contribution in [3.63, 3.8) is 0 Å². The molecule has 1 aromatic rings. The molecule has 7 heteroatoms. The van der Waals surface area contributed by atoms with Crippen LogP contribution in [0.1, 0.15) is 26.7 Å². The Balaban J connectivity index is 2.13. The van der Waals surface area contributed by atoms with Crippen molar-refractivity contribution in [2.75, 3.05) is 5.32 Å². The van der Waals surface area contributed by atoms with Crippen molar-refractivity contribution in [3.8, 4) is 0 Å². The van der Waals surface area contributed by atoms with Gasteiger partial charge < -0.3 is 16.4 Å². The highest BCUT2D eigenvalue weighted by atomic mass is 35.5. The molecule has 4 N–H and O–H groups in total. The Kier molecular flexibility index (Phi) is 5.98. The standard InChI is InChI=1S/C17H21ClN4O2/c1-10-5-6-13(11(2)8-10)22-17(24)14(9-15(19)23)21-16-12(18)4-3-7-20-16/h3-4,6-8,10,14H,5,9H2,1-2H3,(H2,19,23)(H,20,21)(H,22,24). The van der Waals surface area contributed by atoms with Crippen molar-refractivity contribution >= 4 is 29.2 Å². The third-order valence-corrected chi connectivity index (χ3v) is 4.01. The predicted molar refractivity (Wildman–Crippen MR) is 94.2 cm³/mol. The van der Waals surface area contributed by atoms with Crippen molar-refractivity contribution in [3.05, 3.63) is 46.8 Å². The predicted octanol–water partition coefficient (Wildman–Crippen LogP) is 2.38. The first-order valence-corrected chi connectivity index (χ1v) is 8.09. The summed E-state index contributed by atoms with van der Waals surface area (Å²) in [6.07, 6.45) is 6.32. The van der Waals surface area contributed by atoms with Crippen LogP contribution in [0.2, 0.25) is 5.02 Å². The van der Waals surface area contributed by atoms with E-state index in [1.165, 1.54) is 0 Å². The van der Waals surface area contributed by atoms with Crippen molar-refractivity contribution in [2.45, 2.75) is 32.7 Å². The van der Waals surface area contributed by atoms with Gasteiger partial charge in [0.15, 0.2) is 0 Å². The molecule has 2 amide bonds. The molecular weight excluding hydrogens is 328 g/mol. The quantitative estimate of drug-likeness (QED) is 0.735. The average Bonchev–Trinajstić information content (AvgIpc) is 2.51. The third-order valence-electron chi connectivity index (χ3n) is 3.70. The van der Waals surface area contributed by atoms with Crippen molar-refractivity contribution in [1.29, 1.82) is 0 Å². The van der Waals surface area contributed by atoms with Crippen LogP contribution in [-0.4, -0.2) is 22.8 Å². The molecule has 2 unspecified atom stereocenters. The second-order valence-corrected chi connectivity index (χ2v) is 6.28. The normalized spacial score (nSPS) is 18.2. The number of rotatable bonds is 6. The molecule has 0 saturated heterocycles. The topological polar surface area (TPSA) is 97.1 Å². The summed E-state index contributed by atoms with van der Waals surface area (Å²) >= 11 is 6.05. The van der Waals surface area contributed by atoms with E-state index in [2.05, 4.69) is 28.6 Å². The van der Waals surface area contributed by atoms with E-state index in [4.69, 9.17) is 17.3 Å². The van der Waals surface area contributed by atoms with Crippen LogP contribution >= 0.6 is 11.6 Å². The fourth-order valence-electron chi connectivity index (χ4n) is 2.49. The number of nitrogens with zero attached hydrogens (tertiary/aromatic N) is 1. The first kappa shape index (κ1) is 18.0. The SMILES string of the molecule is CC1=CC(C)CC=C1NC(=O)C(CC(N)=O)Nc1ncccc1Cl. The van der Waals surface area contributed by atoms with E-state index in [-0.39, 0.29) is 12.3 Å². The zero-order chi connectivity index (χ0) is 17.7. The number of hydrogen-bond acceptors (Lipinski definition) is 4. The highest BCUT2D eigenvalue weighted by Gasteiger charge is 2.23. The molecule has 2 atom stereocenters. The zero-order valence-electron chi connectivity index (χ0n) is 13.7. The van der Waals surface area contributed by atoms with E-state index < -0.39 is 11.9 Å². The Labute approximate surface area is 146 Å². The largest absolute Gasteiger partial charge is 0.370 e. The minimum Gasteiger partial charge on any atom is -0.370 e. The maximum absolute atomic E-state index is 12.6. The van der Waals surface area contributed by atoms with Gasteiger partial charge in [-0.3, -0.25) is 9.59 Å². The first-order chi connectivity index (χ1) is 11.4. The second kappa shape index (κ2) is 7.97. The maximum atomic E-state index is 12.6. The summed E-state index contributed by atoms with van der Waals surface area (Å²) < 4.78 is 0. The van der Waals surface area contributed by atoms with Crippen LogP contribution in [0, 0.1) is 5.92 Å². The number of hydrogen-bond donors (Lipinski definition) is 3. The van der Waals surface area contributed by atoms with Gasteiger partial charge in [-0.15, -0.1) is 0 Å². The van der Waals surface area contributed by atoms with Gasteiger partial charge in [0.25, 0.3) is 0 Å². The summed E-state index contributed by atoms with van der Waals surface area (Å²) in [5.74, 6) is -0.172. The summed E-state index contributed by atoms with van der Waals surface area (Å²) in [5, 5.41) is 6.10.